The van der Waals surface area contributed by atoms with Gasteiger partial charge in [0, 0.05) is 11.3 Å². The molecule has 3 unspecified atom stereocenters. The largest absolute Gasteiger partial charge is 0.352 e. The van der Waals surface area contributed by atoms with Gasteiger partial charge in [-0.3, -0.25) is 0 Å². The van der Waals surface area contributed by atoms with Crippen LogP contribution in [0.3, 0.4) is 0 Å². The molecule has 18 heavy (non-hydrogen) atoms. The molecule has 1 saturated carbocycles. The molecule has 0 aromatic rings. The van der Waals surface area contributed by atoms with E-state index in [-0.39, 0.29) is 6.29 Å². The van der Waals surface area contributed by atoms with Gasteiger partial charge in [-0.05, 0) is 43.9 Å². The summed E-state index contributed by atoms with van der Waals surface area (Å²) in [6.07, 6.45) is 15.6. The summed E-state index contributed by atoms with van der Waals surface area (Å²) in [6, 6.07) is 0. The van der Waals surface area contributed by atoms with Crippen LogP contribution in [0.25, 0.3) is 0 Å². The zero-order valence-electron chi connectivity index (χ0n) is 10.9. The van der Waals surface area contributed by atoms with Gasteiger partial charge in [0.1, 0.15) is 0 Å². The molecule has 3 atom stereocenters. The summed E-state index contributed by atoms with van der Waals surface area (Å²) in [6.45, 7) is 1.80. The van der Waals surface area contributed by atoms with Gasteiger partial charge in [-0.2, -0.15) is 0 Å². The second kappa shape index (κ2) is 4.21. The number of ether oxygens (including phenoxy) is 2. The molecule has 3 aliphatic carbocycles. The molecular weight excluding hydrogens is 224 g/mol. The molecule has 4 rings (SSSR count). The summed E-state index contributed by atoms with van der Waals surface area (Å²) in [7, 11) is 0. The lowest BCUT2D eigenvalue weighted by atomic mass is 9.77. The molecule has 1 saturated heterocycles. The maximum atomic E-state index is 6.12. The minimum Gasteiger partial charge on any atom is -0.352 e. The SMILES string of the molecule is C1=CCC2(CC1)COC(C1CC3C=CC1C3)OC2. The molecule has 1 spiro atoms. The monoisotopic (exact) mass is 246 g/mol. The fourth-order valence-electron chi connectivity index (χ4n) is 4.20. The van der Waals surface area contributed by atoms with Crippen molar-refractivity contribution in [3.63, 3.8) is 0 Å². The predicted molar refractivity (Wildman–Crippen MR) is 70.0 cm³/mol. The highest BCUT2D eigenvalue weighted by Gasteiger charge is 2.45. The van der Waals surface area contributed by atoms with Crippen molar-refractivity contribution < 1.29 is 9.47 Å². The van der Waals surface area contributed by atoms with Crippen molar-refractivity contribution >= 4 is 0 Å². The smallest absolute Gasteiger partial charge is 0.160 e. The third-order valence-electron chi connectivity index (χ3n) is 5.35. The first kappa shape index (κ1) is 11.2. The molecule has 4 aliphatic rings. The molecule has 1 aliphatic heterocycles. The van der Waals surface area contributed by atoms with Crippen molar-refractivity contribution in [2.75, 3.05) is 13.2 Å². The fraction of sp³-hybridized carbons (Fsp3) is 0.750. The van der Waals surface area contributed by atoms with E-state index in [0.29, 0.717) is 11.3 Å². The summed E-state index contributed by atoms with van der Waals surface area (Å²) in [5.74, 6) is 2.15. The lowest BCUT2D eigenvalue weighted by Crippen LogP contribution is -2.45. The van der Waals surface area contributed by atoms with Gasteiger partial charge in [0.15, 0.2) is 6.29 Å². The first-order chi connectivity index (χ1) is 8.85. The van der Waals surface area contributed by atoms with Crippen LogP contribution in [-0.2, 0) is 9.47 Å². The number of hydrogen-bond donors (Lipinski definition) is 0. The average molecular weight is 246 g/mol. The van der Waals surface area contributed by atoms with E-state index in [1.165, 1.54) is 25.7 Å². The highest BCUT2D eigenvalue weighted by Crippen LogP contribution is 2.48. The van der Waals surface area contributed by atoms with Crippen LogP contribution in [0.1, 0.15) is 32.1 Å². The molecule has 0 N–H and O–H groups in total. The Kier molecular flexibility index (Phi) is 2.63. The Morgan fingerprint density at radius 3 is 2.50 bits per heavy atom. The molecule has 0 amide bonds. The molecule has 2 heteroatoms. The number of rotatable bonds is 1. The van der Waals surface area contributed by atoms with Gasteiger partial charge in [-0.1, -0.05) is 24.3 Å². The van der Waals surface area contributed by atoms with Crippen LogP contribution >= 0.6 is 0 Å². The Morgan fingerprint density at radius 2 is 1.89 bits per heavy atom. The van der Waals surface area contributed by atoms with Crippen molar-refractivity contribution in [1.82, 2.24) is 0 Å². The van der Waals surface area contributed by atoms with Gasteiger partial charge < -0.3 is 9.47 Å². The van der Waals surface area contributed by atoms with E-state index in [9.17, 15) is 0 Å². The van der Waals surface area contributed by atoms with Gasteiger partial charge in [0.25, 0.3) is 0 Å². The summed E-state index contributed by atoms with van der Waals surface area (Å²) in [5.41, 5.74) is 0.290. The van der Waals surface area contributed by atoms with Crippen LogP contribution in [-0.4, -0.2) is 19.5 Å². The summed E-state index contributed by atoms with van der Waals surface area (Å²) >= 11 is 0. The van der Waals surface area contributed by atoms with E-state index in [2.05, 4.69) is 24.3 Å². The van der Waals surface area contributed by atoms with Crippen molar-refractivity contribution in [2.45, 2.75) is 38.4 Å². The van der Waals surface area contributed by atoms with Crippen LogP contribution in [0.15, 0.2) is 24.3 Å². The average Bonchev–Trinajstić information content (AvgIpc) is 3.03. The zero-order chi connectivity index (χ0) is 12.0. The van der Waals surface area contributed by atoms with E-state index in [1.807, 2.05) is 0 Å². The third-order valence-corrected chi connectivity index (χ3v) is 5.35. The van der Waals surface area contributed by atoms with Gasteiger partial charge in [0.05, 0.1) is 13.2 Å². The fourth-order valence-corrected chi connectivity index (χ4v) is 4.20. The molecular formula is C16H22O2. The predicted octanol–water partition coefficient (Wildman–Crippen LogP) is 3.30. The van der Waals surface area contributed by atoms with E-state index in [0.717, 1.165) is 31.5 Å². The maximum absolute atomic E-state index is 6.12. The number of hydrogen-bond acceptors (Lipinski definition) is 2. The van der Waals surface area contributed by atoms with Gasteiger partial charge in [-0.25, -0.2) is 0 Å². The van der Waals surface area contributed by atoms with Crippen molar-refractivity contribution in [1.29, 1.82) is 0 Å². The first-order valence-corrected chi connectivity index (χ1v) is 7.41. The van der Waals surface area contributed by atoms with E-state index < -0.39 is 0 Å². The third kappa shape index (κ3) is 1.78. The molecule has 0 aromatic heterocycles. The Labute approximate surface area is 109 Å². The minimum atomic E-state index is 0.0708. The molecule has 2 bridgehead atoms. The topological polar surface area (TPSA) is 18.5 Å². The van der Waals surface area contributed by atoms with Crippen LogP contribution in [0.2, 0.25) is 0 Å². The molecule has 0 aromatic carbocycles. The van der Waals surface area contributed by atoms with Crippen LogP contribution in [0.5, 0.6) is 0 Å². The van der Waals surface area contributed by atoms with Crippen molar-refractivity contribution in [2.24, 2.45) is 23.2 Å². The standard InChI is InChI=1S/C16H22O2/c1-2-6-16(7-3-1)10-17-15(18-11-16)14-9-12-4-5-13(14)8-12/h1-2,4-5,12-15H,3,6-11H2. The Bertz CT molecular complexity index is 377. The van der Waals surface area contributed by atoms with Crippen LogP contribution in [0.4, 0.5) is 0 Å². The first-order valence-electron chi connectivity index (χ1n) is 7.41. The highest BCUT2D eigenvalue weighted by molar-refractivity contribution is 5.11. The zero-order valence-corrected chi connectivity index (χ0v) is 10.9. The summed E-state index contributed by atoms with van der Waals surface area (Å²) in [4.78, 5) is 0. The molecule has 2 fully saturated rings. The lowest BCUT2D eigenvalue weighted by molar-refractivity contribution is -0.254. The Balaban J connectivity index is 1.40. The van der Waals surface area contributed by atoms with E-state index in [1.54, 1.807) is 0 Å². The quantitative estimate of drug-likeness (QED) is 0.661. The van der Waals surface area contributed by atoms with E-state index >= 15 is 0 Å². The van der Waals surface area contributed by atoms with Crippen molar-refractivity contribution in [3.8, 4) is 0 Å². The normalized spacial score (nSPS) is 50.2. The second-order valence-electron chi connectivity index (χ2n) is 6.65. The van der Waals surface area contributed by atoms with Crippen LogP contribution < -0.4 is 0 Å². The second-order valence-corrected chi connectivity index (χ2v) is 6.65. The number of fused-ring (bicyclic) bond motifs is 2. The Morgan fingerprint density at radius 1 is 1.00 bits per heavy atom. The summed E-state index contributed by atoms with van der Waals surface area (Å²) < 4.78 is 12.2. The number of allylic oxidation sites excluding steroid dienone is 4. The summed E-state index contributed by atoms with van der Waals surface area (Å²) in [5, 5.41) is 0. The molecule has 1 heterocycles. The van der Waals surface area contributed by atoms with Gasteiger partial charge in [-0.15, -0.1) is 0 Å². The molecule has 0 radical (unpaired) electrons. The van der Waals surface area contributed by atoms with E-state index in [4.69, 9.17) is 9.47 Å². The Hall–Kier alpha value is -0.600. The molecule has 2 nitrogen and oxygen atoms in total. The van der Waals surface area contributed by atoms with Crippen LogP contribution in [0, 0.1) is 23.2 Å². The van der Waals surface area contributed by atoms with Gasteiger partial charge >= 0.3 is 0 Å². The highest BCUT2D eigenvalue weighted by atomic mass is 16.7. The minimum absolute atomic E-state index is 0.0708. The molecule has 98 valence electrons. The maximum Gasteiger partial charge on any atom is 0.160 e. The lowest BCUT2D eigenvalue weighted by Gasteiger charge is -2.43. The van der Waals surface area contributed by atoms with Gasteiger partial charge in [0.2, 0.25) is 0 Å². The van der Waals surface area contributed by atoms with Crippen molar-refractivity contribution in [3.05, 3.63) is 24.3 Å².